The van der Waals surface area contributed by atoms with E-state index in [4.69, 9.17) is 45.3 Å². The number of hydrogen-bond donors (Lipinski definition) is 3. The summed E-state index contributed by atoms with van der Waals surface area (Å²) in [6.07, 6.45) is 6.93. The van der Waals surface area contributed by atoms with Crippen LogP contribution in [0.2, 0.25) is 0 Å². The Morgan fingerprint density at radius 3 is 2.36 bits per heavy atom. The number of ether oxygens (including phenoxy) is 5. The fourth-order valence-corrected chi connectivity index (χ4v) is 9.40. The second-order valence-electron chi connectivity index (χ2n) is 16.2. The lowest BCUT2D eigenvalue weighted by molar-refractivity contribution is -0.385. The number of aliphatic hydroxyl groups excluding tert-OH is 3. The number of fused-ring (bicyclic) bond motifs is 2. The van der Waals surface area contributed by atoms with Crippen molar-refractivity contribution in [3.05, 3.63) is 122 Å². The Kier molecular flexibility index (Phi) is 18.3. The van der Waals surface area contributed by atoms with E-state index in [2.05, 4.69) is 12.7 Å². The number of non-ortho nitro benzene ring substituents is 2. The SMILES string of the molecule is C=CCO[C@@]12Oc3ccc(Oc4cccc([N+](=O)[O-])c4)cc3[C@H]3[C@H](CCCCO)[C@@H](CCCCO)C=C(C(=NOCc4ccc([N+](=O)[O-])cc4)C[C@@H]1N(CCOCCO)C(=O)OCCCl)[C@H]32. The van der Waals surface area contributed by atoms with Crippen LogP contribution >= 0.6 is 11.6 Å². The zero-order valence-corrected chi connectivity index (χ0v) is 37.4. The van der Waals surface area contributed by atoms with Gasteiger partial charge in [-0.1, -0.05) is 36.2 Å². The number of allylic oxidation sites excluding steroid dienone is 1. The van der Waals surface area contributed by atoms with Gasteiger partial charge >= 0.3 is 6.09 Å². The van der Waals surface area contributed by atoms with Gasteiger partial charge in [-0.25, -0.2) is 4.79 Å². The highest BCUT2D eigenvalue weighted by molar-refractivity contribution is 6.18. The van der Waals surface area contributed by atoms with Gasteiger partial charge in [0.05, 0.1) is 59.9 Å². The maximum Gasteiger partial charge on any atom is 0.410 e. The lowest BCUT2D eigenvalue weighted by Crippen LogP contribution is -2.70. The molecule has 18 nitrogen and oxygen atoms in total. The molecule has 6 rings (SSSR count). The first-order chi connectivity index (χ1) is 32.1. The standard InChI is InChI=1S/C47H57ClN4O14/c1-2-23-63-47-43(50(19-25-61-26-22-55)46(56)62-24-18-48)30-41(49-64-31-32-12-14-34(15-13-32)51(57)58)39-27-33(8-3-5-20-53)38(11-4-6-21-54)44(45(39)47)40-29-37(16-17-42(40)66-47)65-36-10-7-9-35(28-36)52(59)60/h2,7,9-10,12-17,27-29,33,38,43-45,53-55H,1,3-6,8,11,18-26,30-31H2/t33-,38+,43-,44+,45+,47+/m0/s1. The third-order valence-corrected chi connectivity index (χ3v) is 12.2. The number of carbonyl (C=O) groups excluding carboxylic acids is 1. The quantitative estimate of drug-likeness (QED) is 0.0229. The number of nitro groups is 2. The highest BCUT2D eigenvalue weighted by Crippen LogP contribution is 2.62. The molecule has 0 radical (unpaired) electrons. The fourth-order valence-electron chi connectivity index (χ4n) is 9.32. The summed E-state index contributed by atoms with van der Waals surface area (Å²) < 4.78 is 31.9. The van der Waals surface area contributed by atoms with E-state index in [9.17, 15) is 40.3 Å². The average molecular weight is 937 g/mol. The van der Waals surface area contributed by atoms with E-state index >= 15 is 0 Å². The molecule has 1 heterocycles. The average Bonchev–Trinajstić information content (AvgIpc) is 3.32. The minimum Gasteiger partial charge on any atom is -0.459 e. The van der Waals surface area contributed by atoms with Crippen LogP contribution in [-0.4, -0.2) is 112 Å². The van der Waals surface area contributed by atoms with E-state index in [0.29, 0.717) is 61.3 Å². The van der Waals surface area contributed by atoms with Gasteiger partial charge in [-0.3, -0.25) is 25.1 Å². The Balaban J connectivity index is 1.57. The second kappa shape index (κ2) is 24.2. The number of benzene rings is 3. The molecule has 3 aromatic rings. The largest absolute Gasteiger partial charge is 0.459 e. The van der Waals surface area contributed by atoms with Gasteiger partial charge in [0.15, 0.2) is 0 Å². The summed E-state index contributed by atoms with van der Waals surface area (Å²) in [5.41, 5.74) is 2.40. The van der Waals surface area contributed by atoms with Crippen LogP contribution < -0.4 is 9.47 Å². The van der Waals surface area contributed by atoms with Gasteiger partial charge in [0.25, 0.3) is 11.4 Å². The highest BCUT2D eigenvalue weighted by Gasteiger charge is 2.65. The topological polar surface area (TPSA) is 235 Å². The van der Waals surface area contributed by atoms with Crippen LogP contribution in [0.5, 0.6) is 17.2 Å². The summed E-state index contributed by atoms with van der Waals surface area (Å²) in [5.74, 6) is -1.88. The number of nitro benzene ring substituents is 2. The first kappa shape index (κ1) is 49.8. The van der Waals surface area contributed by atoms with E-state index in [1.165, 1.54) is 35.2 Å². The fraction of sp³-hybridized carbons (Fsp3) is 0.489. The first-order valence-corrected chi connectivity index (χ1v) is 22.7. The molecule has 0 unspecified atom stereocenters. The summed E-state index contributed by atoms with van der Waals surface area (Å²) in [6, 6.07) is 16.2. The molecule has 2 aliphatic carbocycles. The summed E-state index contributed by atoms with van der Waals surface area (Å²) in [5, 5.41) is 57.2. The van der Waals surface area contributed by atoms with Crippen LogP contribution in [0.25, 0.3) is 0 Å². The third-order valence-electron chi connectivity index (χ3n) is 12.1. The lowest BCUT2D eigenvalue weighted by atomic mass is 9.55. The second-order valence-corrected chi connectivity index (χ2v) is 16.5. The van der Waals surface area contributed by atoms with Crippen LogP contribution in [0, 0.1) is 38.0 Å². The predicted octanol–water partition coefficient (Wildman–Crippen LogP) is 7.82. The Labute approximate surface area is 387 Å². The number of aliphatic hydroxyl groups is 3. The maximum absolute atomic E-state index is 14.3. The number of oxime groups is 1. The Hall–Kier alpha value is -5.63. The number of alkyl halides is 1. The summed E-state index contributed by atoms with van der Waals surface area (Å²) >= 11 is 6.02. The molecule has 3 N–H and O–H groups in total. The number of unbranched alkanes of at least 4 members (excludes halogenated alkanes) is 2. The van der Waals surface area contributed by atoms with Crippen molar-refractivity contribution in [2.45, 2.75) is 69.3 Å². The molecule has 19 heteroatoms. The van der Waals surface area contributed by atoms with E-state index in [0.717, 1.165) is 11.1 Å². The molecule has 6 atom stereocenters. The van der Waals surface area contributed by atoms with Gasteiger partial charge in [0.1, 0.15) is 36.5 Å². The Morgan fingerprint density at radius 2 is 1.67 bits per heavy atom. The normalized spacial score (nSPS) is 22.3. The van der Waals surface area contributed by atoms with Crippen molar-refractivity contribution in [2.75, 3.05) is 58.7 Å². The molecule has 0 saturated heterocycles. The van der Waals surface area contributed by atoms with Crippen molar-refractivity contribution < 1.29 is 58.5 Å². The van der Waals surface area contributed by atoms with E-state index < -0.39 is 39.6 Å². The van der Waals surface area contributed by atoms with Gasteiger partial charge in [-0.15, -0.1) is 18.2 Å². The van der Waals surface area contributed by atoms with Gasteiger partial charge in [-0.05, 0) is 85.1 Å². The zero-order chi connectivity index (χ0) is 47.1. The molecule has 0 aromatic heterocycles. The highest BCUT2D eigenvalue weighted by atomic mass is 35.5. The van der Waals surface area contributed by atoms with Gasteiger partial charge in [-0.2, -0.15) is 0 Å². The van der Waals surface area contributed by atoms with E-state index in [-0.39, 0.29) is 101 Å². The molecule has 1 saturated carbocycles. The molecule has 1 amide bonds. The van der Waals surface area contributed by atoms with Crippen LogP contribution in [0.1, 0.15) is 62.0 Å². The summed E-state index contributed by atoms with van der Waals surface area (Å²) in [4.78, 5) is 43.9. The number of amides is 1. The van der Waals surface area contributed by atoms with Crippen LogP contribution in [0.3, 0.4) is 0 Å². The Bertz CT molecular complexity index is 2190. The van der Waals surface area contributed by atoms with Crippen molar-refractivity contribution >= 4 is 34.8 Å². The van der Waals surface area contributed by atoms with Gasteiger partial charge < -0.3 is 43.8 Å². The minimum absolute atomic E-state index is 0.000122. The van der Waals surface area contributed by atoms with Crippen molar-refractivity contribution in [1.29, 1.82) is 0 Å². The molecule has 3 aromatic carbocycles. The Morgan fingerprint density at radius 1 is 0.924 bits per heavy atom. The zero-order valence-electron chi connectivity index (χ0n) is 36.6. The molecule has 356 valence electrons. The molecular weight excluding hydrogens is 880 g/mol. The minimum atomic E-state index is -1.64. The predicted molar refractivity (Wildman–Crippen MR) is 243 cm³/mol. The summed E-state index contributed by atoms with van der Waals surface area (Å²) in [7, 11) is 0. The number of hydrogen-bond acceptors (Lipinski definition) is 15. The van der Waals surface area contributed by atoms with E-state index in [1.807, 2.05) is 6.07 Å². The van der Waals surface area contributed by atoms with Crippen LogP contribution in [0.4, 0.5) is 16.2 Å². The van der Waals surface area contributed by atoms with Gasteiger partial charge in [0.2, 0.25) is 5.79 Å². The smallest absolute Gasteiger partial charge is 0.410 e. The van der Waals surface area contributed by atoms with Crippen molar-refractivity contribution in [1.82, 2.24) is 4.90 Å². The molecular formula is C47H57ClN4O14. The van der Waals surface area contributed by atoms with Crippen molar-refractivity contribution in [2.24, 2.45) is 22.9 Å². The maximum atomic E-state index is 14.3. The number of nitrogens with zero attached hydrogens (tertiary/aromatic N) is 4. The summed E-state index contributed by atoms with van der Waals surface area (Å²) in [6.45, 7) is 3.60. The number of halogens is 1. The monoisotopic (exact) mass is 936 g/mol. The molecule has 0 bridgehead atoms. The van der Waals surface area contributed by atoms with Gasteiger partial charge in [0, 0.05) is 55.9 Å². The molecule has 1 aliphatic heterocycles. The van der Waals surface area contributed by atoms with E-state index in [1.54, 1.807) is 36.4 Å². The third kappa shape index (κ3) is 11.8. The number of rotatable bonds is 26. The molecule has 66 heavy (non-hydrogen) atoms. The molecule has 3 aliphatic rings. The number of carbonyl (C=O) groups is 1. The van der Waals surface area contributed by atoms with Crippen molar-refractivity contribution in [3.8, 4) is 17.2 Å². The van der Waals surface area contributed by atoms with Crippen LogP contribution in [0.15, 0.2) is 96.2 Å². The molecule has 1 fully saturated rings. The molecule has 0 spiro atoms. The van der Waals surface area contributed by atoms with Crippen molar-refractivity contribution in [3.63, 3.8) is 0 Å². The first-order valence-electron chi connectivity index (χ1n) is 22.1. The van der Waals surface area contributed by atoms with Crippen LogP contribution in [-0.2, 0) is 25.7 Å². The lowest BCUT2D eigenvalue weighted by Gasteiger charge is -2.59.